The van der Waals surface area contributed by atoms with Crippen molar-refractivity contribution in [1.82, 2.24) is 10.6 Å². The van der Waals surface area contributed by atoms with E-state index in [1.807, 2.05) is 36.1 Å². The van der Waals surface area contributed by atoms with E-state index in [4.69, 9.17) is 9.47 Å². The molecule has 2 N–H and O–H groups in total. The number of carbonyl (C=O) groups is 1. The minimum Gasteiger partial charge on any atom is -0.379 e. The number of halogens is 1. The summed E-state index contributed by atoms with van der Waals surface area (Å²) in [5, 5.41) is 6.53. The molecule has 1 saturated heterocycles. The lowest BCUT2D eigenvalue weighted by atomic mass is 10.2. The molecule has 1 amide bonds. The van der Waals surface area contributed by atoms with Gasteiger partial charge in [-0.1, -0.05) is 25.5 Å². The van der Waals surface area contributed by atoms with Crippen LogP contribution in [0.5, 0.6) is 0 Å². The predicted octanol–water partition coefficient (Wildman–Crippen LogP) is 3.32. The van der Waals surface area contributed by atoms with Crippen molar-refractivity contribution in [2.45, 2.75) is 46.1 Å². The second-order valence-corrected chi connectivity index (χ2v) is 7.02. The summed E-state index contributed by atoms with van der Waals surface area (Å²) in [5.74, 6) is 0.984. The molecule has 30 heavy (non-hydrogen) atoms. The first-order chi connectivity index (χ1) is 14.2. The fourth-order valence-electron chi connectivity index (χ4n) is 3.02. The van der Waals surface area contributed by atoms with Gasteiger partial charge in [0.15, 0.2) is 5.96 Å². The van der Waals surface area contributed by atoms with Gasteiger partial charge in [0.25, 0.3) is 0 Å². The molecule has 1 aromatic carbocycles. The van der Waals surface area contributed by atoms with E-state index in [1.165, 1.54) is 0 Å². The van der Waals surface area contributed by atoms with Gasteiger partial charge in [-0.3, -0.25) is 4.79 Å². The van der Waals surface area contributed by atoms with E-state index < -0.39 is 0 Å². The minimum atomic E-state index is 0. The number of nitrogens with zero attached hydrogens (tertiary/aromatic N) is 2. The summed E-state index contributed by atoms with van der Waals surface area (Å²) < 4.78 is 11.0. The van der Waals surface area contributed by atoms with Gasteiger partial charge >= 0.3 is 0 Å². The first-order valence-corrected chi connectivity index (χ1v) is 10.8. The van der Waals surface area contributed by atoms with Gasteiger partial charge < -0.3 is 25.0 Å². The molecule has 0 bridgehead atoms. The van der Waals surface area contributed by atoms with Crippen molar-refractivity contribution < 1.29 is 14.3 Å². The molecule has 0 atom stereocenters. The molecule has 0 spiro atoms. The van der Waals surface area contributed by atoms with Crippen LogP contribution in [0.1, 0.15) is 45.1 Å². The van der Waals surface area contributed by atoms with Crippen molar-refractivity contribution in [3.05, 3.63) is 29.8 Å². The van der Waals surface area contributed by atoms with Gasteiger partial charge in [-0.25, -0.2) is 4.99 Å². The maximum Gasteiger partial charge on any atom is 0.227 e. The van der Waals surface area contributed by atoms with Crippen LogP contribution in [-0.2, 0) is 20.8 Å². The molecule has 8 heteroatoms. The third-order valence-corrected chi connectivity index (χ3v) is 4.64. The molecule has 7 nitrogen and oxygen atoms in total. The number of carbonyl (C=O) groups excluding carboxylic acids is 1. The van der Waals surface area contributed by atoms with E-state index in [2.05, 4.69) is 22.5 Å². The second kappa shape index (κ2) is 16.3. The molecule has 0 aliphatic carbocycles. The van der Waals surface area contributed by atoms with E-state index in [9.17, 15) is 4.79 Å². The Labute approximate surface area is 198 Å². The Bertz CT molecular complexity index is 625. The molecule has 0 aromatic heterocycles. The highest BCUT2D eigenvalue weighted by atomic mass is 127. The molecule has 1 aromatic rings. The van der Waals surface area contributed by atoms with Crippen LogP contribution >= 0.6 is 24.0 Å². The van der Waals surface area contributed by atoms with Gasteiger partial charge in [-0.2, -0.15) is 0 Å². The Balaban J connectivity index is 0.00000450. The van der Waals surface area contributed by atoms with Crippen LogP contribution in [0, 0.1) is 0 Å². The van der Waals surface area contributed by atoms with Gasteiger partial charge in [-0.05, 0) is 37.5 Å². The van der Waals surface area contributed by atoms with Crippen LogP contribution in [0.4, 0.5) is 5.69 Å². The summed E-state index contributed by atoms with van der Waals surface area (Å²) in [4.78, 5) is 18.3. The van der Waals surface area contributed by atoms with E-state index in [1.54, 1.807) is 0 Å². The third-order valence-electron chi connectivity index (χ3n) is 4.64. The molecule has 0 radical (unpaired) electrons. The van der Waals surface area contributed by atoms with Crippen LogP contribution < -0.4 is 15.5 Å². The molecule has 1 aliphatic rings. The summed E-state index contributed by atoms with van der Waals surface area (Å²) in [7, 11) is 0. The second-order valence-electron chi connectivity index (χ2n) is 7.02. The van der Waals surface area contributed by atoms with Crippen LogP contribution in [0.15, 0.2) is 29.3 Å². The average Bonchev–Trinajstić information content (AvgIpc) is 3.17. The van der Waals surface area contributed by atoms with Crippen molar-refractivity contribution >= 4 is 41.5 Å². The number of anilines is 1. The van der Waals surface area contributed by atoms with E-state index in [-0.39, 0.29) is 29.9 Å². The molecule has 170 valence electrons. The molecule has 0 saturated carbocycles. The quantitative estimate of drug-likeness (QED) is 0.177. The predicted molar refractivity (Wildman–Crippen MR) is 133 cm³/mol. The Morgan fingerprint density at radius 2 is 1.80 bits per heavy atom. The third kappa shape index (κ3) is 10.1. The maximum absolute atomic E-state index is 11.8. The van der Waals surface area contributed by atoms with Crippen LogP contribution in [-0.4, -0.2) is 57.9 Å². The zero-order valence-corrected chi connectivity index (χ0v) is 20.7. The van der Waals surface area contributed by atoms with Crippen LogP contribution in [0.2, 0.25) is 0 Å². The molecular formula is C22H37IN4O3. The van der Waals surface area contributed by atoms with Crippen molar-refractivity contribution in [3.63, 3.8) is 0 Å². The Kier molecular flexibility index (Phi) is 14.5. The zero-order valence-electron chi connectivity index (χ0n) is 18.3. The smallest absolute Gasteiger partial charge is 0.227 e. The van der Waals surface area contributed by atoms with Crippen molar-refractivity contribution in [2.75, 3.05) is 51.0 Å². The first kappa shape index (κ1) is 26.6. The average molecular weight is 532 g/mol. The van der Waals surface area contributed by atoms with E-state index in [0.717, 1.165) is 56.2 Å². The van der Waals surface area contributed by atoms with Crippen molar-refractivity contribution in [3.8, 4) is 0 Å². The van der Waals surface area contributed by atoms with E-state index in [0.29, 0.717) is 39.3 Å². The Morgan fingerprint density at radius 3 is 2.43 bits per heavy atom. The zero-order chi connectivity index (χ0) is 20.7. The van der Waals surface area contributed by atoms with Gasteiger partial charge in [-0.15, -0.1) is 24.0 Å². The normalized spacial score (nSPS) is 14.0. The summed E-state index contributed by atoms with van der Waals surface area (Å²) in [6.07, 6.45) is 3.85. The van der Waals surface area contributed by atoms with Gasteiger partial charge in [0.05, 0.1) is 26.4 Å². The highest BCUT2D eigenvalue weighted by Crippen LogP contribution is 2.21. The molecule has 1 aliphatic heterocycles. The molecule has 1 heterocycles. The van der Waals surface area contributed by atoms with Gasteiger partial charge in [0.2, 0.25) is 5.91 Å². The maximum atomic E-state index is 11.8. The number of hydrogen-bond donors (Lipinski definition) is 2. The molecular weight excluding hydrogens is 495 g/mol. The highest BCUT2D eigenvalue weighted by molar-refractivity contribution is 14.0. The summed E-state index contributed by atoms with van der Waals surface area (Å²) in [6, 6.07) is 8.08. The topological polar surface area (TPSA) is 75.2 Å². The van der Waals surface area contributed by atoms with Gasteiger partial charge in [0.1, 0.15) is 0 Å². The van der Waals surface area contributed by atoms with Crippen molar-refractivity contribution in [2.24, 2.45) is 4.99 Å². The first-order valence-electron chi connectivity index (χ1n) is 10.8. The fraction of sp³-hybridized carbons (Fsp3) is 0.636. The monoisotopic (exact) mass is 532 g/mol. The number of aliphatic imine (C=N–C) groups is 1. The van der Waals surface area contributed by atoms with E-state index >= 15 is 0 Å². The fourth-order valence-corrected chi connectivity index (χ4v) is 3.02. The van der Waals surface area contributed by atoms with Gasteiger partial charge in [0, 0.05) is 38.3 Å². The number of unbranched alkanes of at least 4 members (excludes halogenated alkanes) is 1. The lowest BCUT2D eigenvalue weighted by Gasteiger charge is -2.16. The number of benzene rings is 1. The molecule has 0 unspecified atom stereocenters. The Hall–Kier alpha value is -1.39. The number of nitrogens with one attached hydrogen (secondary N) is 2. The number of amides is 1. The summed E-state index contributed by atoms with van der Waals surface area (Å²) in [5.41, 5.74) is 2.08. The minimum absolute atomic E-state index is 0. The lowest BCUT2D eigenvalue weighted by molar-refractivity contribution is -0.117. The van der Waals surface area contributed by atoms with Crippen molar-refractivity contribution in [1.29, 1.82) is 0 Å². The lowest BCUT2D eigenvalue weighted by Crippen LogP contribution is -2.39. The summed E-state index contributed by atoms with van der Waals surface area (Å²) >= 11 is 0. The number of guanidine groups is 1. The number of rotatable bonds is 13. The highest BCUT2D eigenvalue weighted by Gasteiger charge is 2.21. The molecule has 2 rings (SSSR count). The number of hydrogen-bond acceptors (Lipinski definition) is 4. The SMILES string of the molecule is CCCCOCCOCCNC(=NCc1ccc(N2CCCC2=O)cc1)NCC.I. The summed E-state index contributed by atoms with van der Waals surface area (Å²) in [6.45, 7) is 9.77. The standard InChI is InChI=1S/C22H36N4O3.HI/c1-3-5-14-28-16-17-29-15-12-24-22(23-4-2)25-18-19-8-10-20(11-9-19)26-13-6-7-21(26)27;/h8-11H,3-7,12-18H2,1-2H3,(H2,23,24,25);1H. The largest absolute Gasteiger partial charge is 0.379 e. The van der Waals surface area contributed by atoms with Crippen LogP contribution in [0.25, 0.3) is 0 Å². The number of ether oxygens (including phenoxy) is 2. The Morgan fingerprint density at radius 1 is 1.07 bits per heavy atom. The molecule has 1 fully saturated rings. The van der Waals surface area contributed by atoms with Crippen LogP contribution in [0.3, 0.4) is 0 Å².